The highest BCUT2D eigenvalue weighted by atomic mass is 15.1. The summed E-state index contributed by atoms with van der Waals surface area (Å²) >= 11 is 0. The van der Waals surface area contributed by atoms with Crippen LogP contribution in [0.1, 0.15) is 30.9 Å². The summed E-state index contributed by atoms with van der Waals surface area (Å²) in [6.07, 6.45) is 6.82. The van der Waals surface area contributed by atoms with E-state index < -0.39 is 0 Å². The summed E-state index contributed by atoms with van der Waals surface area (Å²) in [5, 5.41) is 0. The third-order valence-corrected chi connectivity index (χ3v) is 4.13. The van der Waals surface area contributed by atoms with Crippen molar-refractivity contribution in [3.8, 4) is 0 Å². The first-order chi connectivity index (χ1) is 10.6. The molecule has 0 saturated carbocycles. The van der Waals surface area contributed by atoms with E-state index in [1.54, 1.807) is 0 Å². The Bertz CT molecular complexity index is 657. The van der Waals surface area contributed by atoms with E-state index in [9.17, 15) is 0 Å². The number of anilines is 2. The average Bonchev–Trinajstić information content (AvgIpc) is 2.51. The minimum absolute atomic E-state index is 1.08. The van der Waals surface area contributed by atoms with Crippen molar-refractivity contribution in [1.82, 2.24) is 0 Å². The molecule has 1 aliphatic carbocycles. The summed E-state index contributed by atoms with van der Waals surface area (Å²) in [4.78, 5) is 2.38. The van der Waals surface area contributed by atoms with E-state index in [0.29, 0.717) is 0 Å². The Morgan fingerprint density at radius 1 is 0.727 bits per heavy atom. The van der Waals surface area contributed by atoms with Crippen LogP contribution in [0.5, 0.6) is 0 Å². The molecule has 0 aliphatic heterocycles. The maximum Gasteiger partial charge on any atom is 0.0458 e. The van der Waals surface area contributed by atoms with Crippen LogP contribution in [-0.2, 0) is 0 Å². The fourth-order valence-electron chi connectivity index (χ4n) is 2.89. The molecule has 22 heavy (non-hydrogen) atoms. The molecule has 1 nitrogen and oxygen atoms in total. The number of aryl methyl sites for hydroxylation is 2. The van der Waals surface area contributed by atoms with Gasteiger partial charge < -0.3 is 4.90 Å². The molecule has 0 radical (unpaired) electrons. The van der Waals surface area contributed by atoms with Gasteiger partial charge in [0.1, 0.15) is 0 Å². The van der Waals surface area contributed by atoms with Gasteiger partial charge >= 0.3 is 0 Å². The van der Waals surface area contributed by atoms with E-state index in [-0.39, 0.29) is 0 Å². The quantitative estimate of drug-likeness (QED) is 0.663. The van der Waals surface area contributed by atoms with E-state index in [1.165, 1.54) is 33.8 Å². The third kappa shape index (κ3) is 3.14. The smallest absolute Gasteiger partial charge is 0.0458 e. The van der Waals surface area contributed by atoms with Gasteiger partial charge in [-0.15, -0.1) is 0 Å². The molecule has 1 aliphatic rings. The molecule has 2 aromatic carbocycles. The number of hydrogen-bond acceptors (Lipinski definition) is 1. The molecule has 0 aromatic heterocycles. The summed E-state index contributed by atoms with van der Waals surface area (Å²) in [5.74, 6) is 0. The van der Waals surface area contributed by atoms with Crippen LogP contribution in [-0.4, -0.2) is 0 Å². The van der Waals surface area contributed by atoms with E-state index in [1.807, 2.05) is 0 Å². The second-order valence-electron chi connectivity index (χ2n) is 6.13. The lowest BCUT2D eigenvalue weighted by molar-refractivity contribution is 0.904. The molecule has 0 fully saturated rings. The van der Waals surface area contributed by atoms with Gasteiger partial charge in [0.2, 0.25) is 0 Å². The van der Waals surface area contributed by atoms with Crippen LogP contribution in [0.15, 0.2) is 72.0 Å². The molecule has 0 amide bonds. The van der Waals surface area contributed by atoms with Crippen LogP contribution in [0, 0.1) is 13.8 Å². The SMILES string of the molecule is CC1=CCCC(N(c2ccc(C)cc2)c2ccc(C)cc2)=C1. The zero-order valence-electron chi connectivity index (χ0n) is 13.6. The van der Waals surface area contributed by atoms with Gasteiger partial charge in [-0.3, -0.25) is 0 Å². The lowest BCUT2D eigenvalue weighted by Gasteiger charge is -2.29. The fourth-order valence-corrected chi connectivity index (χ4v) is 2.89. The largest absolute Gasteiger partial charge is 0.314 e. The monoisotopic (exact) mass is 289 g/mol. The van der Waals surface area contributed by atoms with Gasteiger partial charge in [0.15, 0.2) is 0 Å². The lowest BCUT2D eigenvalue weighted by Crippen LogP contribution is -2.17. The number of allylic oxidation sites excluding steroid dienone is 4. The normalized spacial score (nSPS) is 14.3. The minimum Gasteiger partial charge on any atom is -0.314 e. The Balaban J connectivity index is 2.07. The summed E-state index contributed by atoms with van der Waals surface area (Å²) in [6.45, 7) is 6.45. The van der Waals surface area contributed by atoms with Crippen molar-refractivity contribution in [2.24, 2.45) is 0 Å². The van der Waals surface area contributed by atoms with Crippen molar-refractivity contribution in [2.75, 3.05) is 4.90 Å². The molecular weight excluding hydrogens is 266 g/mol. The van der Waals surface area contributed by atoms with Gasteiger partial charge in [-0.1, -0.05) is 47.0 Å². The van der Waals surface area contributed by atoms with Crippen molar-refractivity contribution in [1.29, 1.82) is 0 Å². The number of benzene rings is 2. The second kappa shape index (κ2) is 6.23. The zero-order chi connectivity index (χ0) is 15.5. The first-order valence-electron chi connectivity index (χ1n) is 7.94. The number of nitrogens with zero attached hydrogens (tertiary/aromatic N) is 1. The van der Waals surface area contributed by atoms with Crippen molar-refractivity contribution in [2.45, 2.75) is 33.6 Å². The maximum atomic E-state index is 2.38. The van der Waals surface area contributed by atoms with Crippen LogP contribution < -0.4 is 4.90 Å². The fraction of sp³-hybridized carbons (Fsp3) is 0.238. The van der Waals surface area contributed by atoms with Gasteiger partial charge in [-0.2, -0.15) is 0 Å². The third-order valence-electron chi connectivity index (χ3n) is 4.13. The molecule has 3 rings (SSSR count). The Labute approximate surface area is 133 Å². The molecular formula is C21H23N. The first-order valence-corrected chi connectivity index (χ1v) is 7.94. The molecule has 0 saturated heterocycles. The van der Waals surface area contributed by atoms with Crippen molar-refractivity contribution in [3.63, 3.8) is 0 Å². The molecule has 0 spiro atoms. The van der Waals surface area contributed by atoms with Gasteiger partial charge in [0.05, 0.1) is 0 Å². The highest BCUT2D eigenvalue weighted by Gasteiger charge is 2.16. The standard InChI is InChI=1S/C21H23N/c1-16-7-11-19(12-8-16)22(20-13-9-17(2)10-14-20)21-6-4-5-18(3)15-21/h5,7-15H,4,6H2,1-3H3. The van der Waals surface area contributed by atoms with Crippen LogP contribution >= 0.6 is 0 Å². The van der Waals surface area contributed by atoms with Crippen molar-refractivity contribution < 1.29 is 0 Å². The Morgan fingerprint density at radius 3 is 1.68 bits per heavy atom. The van der Waals surface area contributed by atoms with E-state index in [4.69, 9.17) is 0 Å². The first kappa shape index (κ1) is 14.6. The summed E-state index contributed by atoms with van der Waals surface area (Å²) in [7, 11) is 0. The molecule has 0 bridgehead atoms. The molecule has 0 unspecified atom stereocenters. The Morgan fingerprint density at radius 2 is 1.23 bits per heavy atom. The molecule has 0 atom stereocenters. The predicted octanol–water partition coefficient (Wildman–Crippen LogP) is 6.07. The topological polar surface area (TPSA) is 3.24 Å². The summed E-state index contributed by atoms with van der Waals surface area (Å²) in [5.41, 5.74) is 7.77. The van der Waals surface area contributed by atoms with Crippen LogP contribution in [0.3, 0.4) is 0 Å². The highest BCUT2D eigenvalue weighted by Crippen LogP contribution is 2.34. The van der Waals surface area contributed by atoms with E-state index >= 15 is 0 Å². The average molecular weight is 289 g/mol. The van der Waals surface area contributed by atoms with Gasteiger partial charge in [-0.25, -0.2) is 0 Å². The zero-order valence-corrected chi connectivity index (χ0v) is 13.6. The number of hydrogen-bond donors (Lipinski definition) is 0. The van der Waals surface area contributed by atoms with Gasteiger partial charge in [0, 0.05) is 17.1 Å². The molecule has 1 heteroatoms. The lowest BCUT2D eigenvalue weighted by atomic mass is 10.0. The maximum absolute atomic E-state index is 2.38. The molecule has 0 N–H and O–H groups in total. The summed E-state index contributed by atoms with van der Waals surface area (Å²) < 4.78 is 0. The van der Waals surface area contributed by atoms with Crippen LogP contribution in [0.2, 0.25) is 0 Å². The Kier molecular flexibility index (Phi) is 4.15. The van der Waals surface area contributed by atoms with E-state index in [2.05, 4.69) is 86.4 Å². The Hall–Kier alpha value is -2.28. The predicted molar refractivity (Wildman–Crippen MR) is 95.6 cm³/mol. The van der Waals surface area contributed by atoms with Crippen molar-refractivity contribution in [3.05, 3.63) is 83.1 Å². The second-order valence-corrected chi connectivity index (χ2v) is 6.13. The highest BCUT2D eigenvalue weighted by molar-refractivity contribution is 5.69. The molecule has 112 valence electrons. The minimum atomic E-state index is 1.08. The van der Waals surface area contributed by atoms with E-state index in [0.717, 1.165) is 12.8 Å². The van der Waals surface area contributed by atoms with Gasteiger partial charge in [0.25, 0.3) is 0 Å². The van der Waals surface area contributed by atoms with Crippen LogP contribution in [0.4, 0.5) is 11.4 Å². The van der Waals surface area contributed by atoms with Gasteiger partial charge in [-0.05, 0) is 64.0 Å². The molecule has 0 heterocycles. The summed E-state index contributed by atoms with van der Waals surface area (Å²) in [6, 6.07) is 17.6. The number of rotatable bonds is 3. The molecule has 2 aromatic rings. The van der Waals surface area contributed by atoms with Crippen LogP contribution in [0.25, 0.3) is 0 Å². The van der Waals surface area contributed by atoms with Crippen molar-refractivity contribution >= 4 is 11.4 Å².